The lowest BCUT2D eigenvalue weighted by Crippen LogP contribution is -2.45. The molecule has 1 fully saturated rings. The number of piperazine rings is 1. The number of hydrogen-bond donors (Lipinski definition) is 1. The second-order valence-corrected chi connectivity index (χ2v) is 4.70. The molecule has 1 aliphatic heterocycles. The standard InChI is InChI=1S/C14H20F2N2O.ClH/c1-19-12-4-2-11(3-5-12)13(10-14(15)16)18-8-6-17-7-9-18;/h2-5,13-14,17H,6-10H2,1H3;1H/t13-;/m1./s1. The van der Waals surface area contributed by atoms with E-state index >= 15 is 0 Å². The van der Waals surface area contributed by atoms with Crippen LogP contribution in [0, 0.1) is 0 Å². The fourth-order valence-corrected chi connectivity index (χ4v) is 2.48. The van der Waals surface area contributed by atoms with Crippen LogP contribution in [0.2, 0.25) is 0 Å². The smallest absolute Gasteiger partial charge is 0.240 e. The van der Waals surface area contributed by atoms with Gasteiger partial charge in [0.05, 0.1) is 7.11 Å². The second kappa shape index (κ2) is 8.39. The number of nitrogens with one attached hydrogen (secondary N) is 1. The van der Waals surface area contributed by atoms with Crippen molar-refractivity contribution in [1.29, 1.82) is 0 Å². The van der Waals surface area contributed by atoms with Crippen molar-refractivity contribution in [1.82, 2.24) is 10.2 Å². The van der Waals surface area contributed by atoms with E-state index in [9.17, 15) is 8.78 Å². The molecule has 1 saturated heterocycles. The molecular weight excluding hydrogens is 286 g/mol. The molecule has 0 radical (unpaired) electrons. The Bertz CT molecular complexity index is 383. The molecule has 1 aliphatic rings. The minimum Gasteiger partial charge on any atom is -0.497 e. The Morgan fingerprint density at radius 2 is 1.80 bits per heavy atom. The first-order valence-electron chi connectivity index (χ1n) is 6.57. The maximum Gasteiger partial charge on any atom is 0.240 e. The molecule has 2 rings (SSSR count). The first kappa shape index (κ1) is 17.1. The average Bonchev–Trinajstić information content (AvgIpc) is 2.46. The highest BCUT2D eigenvalue weighted by Gasteiger charge is 2.25. The molecule has 0 aromatic heterocycles. The monoisotopic (exact) mass is 306 g/mol. The van der Waals surface area contributed by atoms with Gasteiger partial charge in [-0.2, -0.15) is 0 Å². The summed E-state index contributed by atoms with van der Waals surface area (Å²) in [6.45, 7) is 3.33. The van der Waals surface area contributed by atoms with E-state index in [1.54, 1.807) is 7.11 Å². The highest BCUT2D eigenvalue weighted by Crippen LogP contribution is 2.28. The molecular formula is C14H21ClF2N2O. The number of rotatable bonds is 5. The van der Waals surface area contributed by atoms with Crippen molar-refractivity contribution >= 4 is 12.4 Å². The Balaban J connectivity index is 0.00000200. The topological polar surface area (TPSA) is 24.5 Å². The minimum atomic E-state index is -2.29. The molecule has 0 saturated carbocycles. The summed E-state index contributed by atoms with van der Waals surface area (Å²) >= 11 is 0. The van der Waals surface area contributed by atoms with Crippen LogP contribution >= 0.6 is 12.4 Å². The normalized spacial score (nSPS) is 17.6. The summed E-state index contributed by atoms with van der Waals surface area (Å²) in [6, 6.07) is 7.21. The number of methoxy groups -OCH3 is 1. The number of ether oxygens (including phenoxy) is 1. The zero-order chi connectivity index (χ0) is 13.7. The lowest BCUT2D eigenvalue weighted by Gasteiger charge is -2.35. The summed E-state index contributed by atoms with van der Waals surface area (Å²) in [5.74, 6) is 0.750. The Morgan fingerprint density at radius 1 is 1.20 bits per heavy atom. The lowest BCUT2D eigenvalue weighted by atomic mass is 10.0. The first-order chi connectivity index (χ1) is 9.20. The number of hydrogen-bond acceptors (Lipinski definition) is 3. The lowest BCUT2D eigenvalue weighted by molar-refractivity contribution is 0.0739. The summed E-state index contributed by atoms with van der Waals surface area (Å²) in [4.78, 5) is 2.13. The third kappa shape index (κ3) is 4.58. The van der Waals surface area contributed by atoms with Crippen LogP contribution in [0.5, 0.6) is 5.75 Å². The highest BCUT2D eigenvalue weighted by atomic mass is 35.5. The predicted molar refractivity (Wildman–Crippen MR) is 78.0 cm³/mol. The van der Waals surface area contributed by atoms with E-state index in [0.29, 0.717) is 0 Å². The van der Waals surface area contributed by atoms with Crippen LogP contribution in [0.4, 0.5) is 8.78 Å². The van der Waals surface area contributed by atoms with Gasteiger partial charge in [-0.05, 0) is 17.7 Å². The van der Waals surface area contributed by atoms with Gasteiger partial charge in [0.25, 0.3) is 0 Å². The second-order valence-electron chi connectivity index (χ2n) is 4.70. The van der Waals surface area contributed by atoms with Crippen molar-refractivity contribution in [3.63, 3.8) is 0 Å². The summed E-state index contributed by atoms with van der Waals surface area (Å²) in [7, 11) is 1.60. The minimum absolute atomic E-state index is 0. The van der Waals surface area contributed by atoms with Gasteiger partial charge >= 0.3 is 0 Å². The molecule has 1 N–H and O–H groups in total. The molecule has 1 aromatic carbocycles. The van der Waals surface area contributed by atoms with Crippen molar-refractivity contribution in [3.8, 4) is 5.75 Å². The third-order valence-corrected chi connectivity index (χ3v) is 3.49. The average molecular weight is 307 g/mol. The molecule has 0 bridgehead atoms. The van der Waals surface area contributed by atoms with Crippen LogP contribution in [0.25, 0.3) is 0 Å². The molecule has 114 valence electrons. The third-order valence-electron chi connectivity index (χ3n) is 3.49. The molecule has 6 heteroatoms. The van der Waals surface area contributed by atoms with E-state index < -0.39 is 6.43 Å². The zero-order valence-electron chi connectivity index (χ0n) is 11.5. The SMILES string of the molecule is COc1ccc([C@@H](CC(F)F)N2CCNCC2)cc1.Cl. The summed E-state index contributed by atoms with van der Waals surface area (Å²) in [5, 5.41) is 3.24. The van der Waals surface area contributed by atoms with Crippen LogP contribution in [0.1, 0.15) is 18.0 Å². The number of nitrogens with zero attached hydrogens (tertiary/aromatic N) is 1. The van der Waals surface area contributed by atoms with Crippen molar-refractivity contribution in [2.45, 2.75) is 18.9 Å². The van der Waals surface area contributed by atoms with Gasteiger partial charge in [0.1, 0.15) is 5.75 Å². The van der Waals surface area contributed by atoms with E-state index in [1.165, 1.54) is 0 Å². The van der Waals surface area contributed by atoms with Gasteiger partial charge in [-0.1, -0.05) is 12.1 Å². The van der Waals surface area contributed by atoms with Crippen LogP contribution in [0.15, 0.2) is 24.3 Å². The molecule has 0 amide bonds. The zero-order valence-corrected chi connectivity index (χ0v) is 12.3. The van der Waals surface area contributed by atoms with Gasteiger partial charge in [0.15, 0.2) is 0 Å². The molecule has 1 aromatic rings. The van der Waals surface area contributed by atoms with E-state index in [1.807, 2.05) is 24.3 Å². The number of halogens is 3. The van der Waals surface area contributed by atoms with Crippen molar-refractivity contribution in [3.05, 3.63) is 29.8 Å². The van der Waals surface area contributed by atoms with Crippen LogP contribution in [-0.2, 0) is 0 Å². The maximum absolute atomic E-state index is 12.8. The predicted octanol–water partition coefficient (Wildman–Crippen LogP) is 2.72. The van der Waals surface area contributed by atoms with Crippen molar-refractivity contribution in [2.75, 3.05) is 33.3 Å². The van der Waals surface area contributed by atoms with Gasteiger partial charge in [0.2, 0.25) is 6.43 Å². The summed E-state index contributed by atoms with van der Waals surface area (Å²) in [5.41, 5.74) is 0.933. The Hall–Kier alpha value is -0.910. The highest BCUT2D eigenvalue weighted by molar-refractivity contribution is 5.85. The summed E-state index contributed by atoms with van der Waals surface area (Å²) in [6.07, 6.45) is -2.41. The van der Waals surface area contributed by atoms with Crippen LogP contribution in [0.3, 0.4) is 0 Å². The number of benzene rings is 1. The van der Waals surface area contributed by atoms with Gasteiger partial charge in [-0.15, -0.1) is 12.4 Å². The van der Waals surface area contributed by atoms with Gasteiger partial charge in [0, 0.05) is 38.6 Å². The fourth-order valence-electron chi connectivity index (χ4n) is 2.48. The van der Waals surface area contributed by atoms with E-state index in [2.05, 4.69) is 10.2 Å². The molecule has 0 spiro atoms. The first-order valence-corrected chi connectivity index (χ1v) is 6.57. The summed E-state index contributed by atoms with van der Waals surface area (Å²) < 4.78 is 30.7. The van der Waals surface area contributed by atoms with E-state index in [0.717, 1.165) is 37.5 Å². The molecule has 0 aliphatic carbocycles. The van der Waals surface area contributed by atoms with Gasteiger partial charge in [-0.3, -0.25) is 4.90 Å². The quantitative estimate of drug-likeness (QED) is 0.905. The Kier molecular flexibility index (Phi) is 7.19. The maximum atomic E-state index is 12.8. The molecule has 3 nitrogen and oxygen atoms in total. The van der Waals surface area contributed by atoms with E-state index in [4.69, 9.17) is 4.74 Å². The van der Waals surface area contributed by atoms with Crippen molar-refractivity contribution in [2.24, 2.45) is 0 Å². The number of alkyl halides is 2. The Labute approximate surface area is 124 Å². The fraction of sp³-hybridized carbons (Fsp3) is 0.571. The molecule has 20 heavy (non-hydrogen) atoms. The largest absolute Gasteiger partial charge is 0.497 e. The van der Waals surface area contributed by atoms with Gasteiger partial charge in [-0.25, -0.2) is 8.78 Å². The van der Waals surface area contributed by atoms with Crippen LogP contribution in [-0.4, -0.2) is 44.6 Å². The Morgan fingerprint density at radius 3 is 2.30 bits per heavy atom. The van der Waals surface area contributed by atoms with Crippen molar-refractivity contribution < 1.29 is 13.5 Å². The molecule has 0 unspecified atom stereocenters. The van der Waals surface area contributed by atoms with E-state index in [-0.39, 0.29) is 24.9 Å². The molecule has 1 heterocycles. The molecule has 1 atom stereocenters. The van der Waals surface area contributed by atoms with Gasteiger partial charge < -0.3 is 10.1 Å². The van der Waals surface area contributed by atoms with Crippen LogP contribution < -0.4 is 10.1 Å².